The summed E-state index contributed by atoms with van der Waals surface area (Å²) < 4.78 is 23.3. The lowest BCUT2D eigenvalue weighted by molar-refractivity contribution is -0.335. The van der Waals surface area contributed by atoms with Crippen molar-refractivity contribution in [2.45, 2.75) is 237 Å². The molecular formula is C59H101N3O17. The van der Waals surface area contributed by atoms with E-state index in [2.05, 4.69) is 29.4 Å². The molecule has 454 valence electrons. The van der Waals surface area contributed by atoms with E-state index in [1.165, 1.54) is 12.2 Å². The Balaban J connectivity index is 1.88. The van der Waals surface area contributed by atoms with Gasteiger partial charge in [0.05, 0.1) is 67.0 Å². The summed E-state index contributed by atoms with van der Waals surface area (Å²) in [5.41, 5.74) is 5.69. The smallest absolute Gasteiger partial charge is 0.317 e. The molecule has 0 aliphatic carbocycles. The van der Waals surface area contributed by atoms with Gasteiger partial charge in [0.15, 0.2) is 12.1 Å². The molecule has 4 rings (SSSR count). The molecule has 13 N–H and O–H groups in total. The second-order valence-corrected chi connectivity index (χ2v) is 23.4. The number of fused-ring (bicyclic) bond motifs is 5. The number of aliphatic hydroxyl groups excluding tert-OH is 9. The summed E-state index contributed by atoms with van der Waals surface area (Å²) in [6.07, 6.45) is 1.73. The van der Waals surface area contributed by atoms with Crippen LogP contribution in [-0.4, -0.2) is 174 Å². The number of nitrogens with one attached hydrogen (secondary N) is 1. The first-order chi connectivity index (χ1) is 37.1. The van der Waals surface area contributed by atoms with Crippen LogP contribution in [0.1, 0.15) is 152 Å². The van der Waals surface area contributed by atoms with Gasteiger partial charge in [0.25, 0.3) is 0 Å². The Morgan fingerprint density at radius 1 is 0.696 bits per heavy atom. The maximum Gasteiger partial charge on any atom is 0.317 e. The van der Waals surface area contributed by atoms with Crippen molar-refractivity contribution in [3.8, 4) is 0 Å². The number of aliphatic hydroxyl groups is 10. The molecule has 20 heteroatoms. The molecule has 22 atom stereocenters. The highest BCUT2D eigenvalue weighted by atomic mass is 16.7. The number of aliphatic imine (C=N–C) groups is 1. The van der Waals surface area contributed by atoms with Crippen LogP contribution in [-0.2, 0) is 33.3 Å². The number of cyclic esters (lactones) is 1. The van der Waals surface area contributed by atoms with Crippen molar-refractivity contribution in [3.05, 3.63) is 48.6 Å². The fourth-order valence-electron chi connectivity index (χ4n) is 10.7. The Morgan fingerprint density at radius 3 is 2.03 bits per heavy atom. The SMILES string of the molecule is CN=C(N)NCCC/C=C/CCCC(C)CC(C)C1OC(=O)C(C)C(O)/C=C\C(C)C(O)CC(O)C(C)C(O)CCC(C)C(O)CC2(O)OC3CC(CC(O)CC(O)C(C)C(O)/C=C\C=C/C1C)OC(=O)CC(=O)OC2C(O)C3. The monoisotopic (exact) mass is 1120 g/mol. The van der Waals surface area contributed by atoms with Gasteiger partial charge in [0, 0.05) is 69.4 Å². The number of nitrogens with zero attached hydrogens (tertiary/aromatic N) is 1. The van der Waals surface area contributed by atoms with E-state index in [9.17, 15) is 65.4 Å². The third-order valence-electron chi connectivity index (χ3n) is 16.4. The summed E-state index contributed by atoms with van der Waals surface area (Å²) >= 11 is 0. The number of carbonyl (C=O) groups is 3. The quantitative estimate of drug-likeness (QED) is 0.0266. The molecule has 0 aromatic heterocycles. The van der Waals surface area contributed by atoms with Crippen molar-refractivity contribution in [2.24, 2.45) is 58.1 Å². The van der Waals surface area contributed by atoms with E-state index in [4.69, 9.17) is 24.7 Å². The Labute approximate surface area is 469 Å². The van der Waals surface area contributed by atoms with Gasteiger partial charge in [-0.05, 0) is 76.0 Å². The number of carbonyl (C=O) groups excluding carboxylic acids is 3. The molecule has 4 aliphatic rings. The lowest BCUT2D eigenvalue weighted by Crippen LogP contribution is -2.61. The number of esters is 3. The van der Waals surface area contributed by atoms with Crippen molar-refractivity contribution < 1.29 is 84.4 Å². The summed E-state index contributed by atoms with van der Waals surface area (Å²) in [5.74, 6) is -8.61. The molecule has 4 aliphatic heterocycles. The topological polar surface area (TPSA) is 341 Å². The second-order valence-electron chi connectivity index (χ2n) is 23.4. The van der Waals surface area contributed by atoms with Crippen LogP contribution >= 0.6 is 0 Å². The number of allylic oxidation sites excluding steroid dienone is 4. The van der Waals surface area contributed by atoms with Crippen LogP contribution in [0.4, 0.5) is 0 Å². The molecule has 0 radical (unpaired) electrons. The predicted molar refractivity (Wildman–Crippen MR) is 298 cm³/mol. The normalized spacial score (nSPS) is 40.3. The highest BCUT2D eigenvalue weighted by Crippen LogP contribution is 2.39. The second kappa shape index (κ2) is 34.6. The lowest BCUT2D eigenvalue weighted by Gasteiger charge is -2.46. The van der Waals surface area contributed by atoms with Gasteiger partial charge in [-0.15, -0.1) is 0 Å². The van der Waals surface area contributed by atoms with Crippen molar-refractivity contribution in [1.29, 1.82) is 0 Å². The first kappa shape index (κ1) is 69.5. The van der Waals surface area contributed by atoms with Crippen molar-refractivity contribution in [2.75, 3.05) is 13.6 Å². The molecule has 0 amide bonds. The van der Waals surface area contributed by atoms with Gasteiger partial charge >= 0.3 is 17.9 Å². The van der Waals surface area contributed by atoms with Gasteiger partial charge in [0.1, 0.15) is 18.6 Å². The van der Waals surface area contributed by atoms with E-state index < -0.39 is 145 Å². The first-order valence-electron chi connectivity index (χ1n) is 28.9. The predicted octanol–water partition coefficient (Wildman–Crippen LogP) is 3.78. The third-order valence-corrected chi connectivity index (χ3v) is 16.4. The Kier molecular flexibility index (Phi) is 30.4. The summed E-state index contributed by atoms with van der Waals surface area (Å²) in [6.45, 7) is 15.0. The summed E-state index contributed by atoms with van der Waals surface area (Å²) in [4.78, 5) is 43.7. The number of rotatable bonds is 11. The third kappa shape index (κ3) is 23.9. The van der Waals surface area contributed by atoms with Crippen LogP contribution in [0.2, 0.25) is 0 Å². The minimum absolute atomic E-state index is 0.0931. The Morgan fingerprint density at radius 2 is 1.34 bits per heavy atom. The Bertz CT molecular complexity index is 1970. The minimum Gasteiger partial charge on any atom is -0.462 e. The standard InChI is InChI=1S/C59H101N3O17/c1-34(18-14-12-10-11-13-17-25-62-58(60)61-9)26-38(5)55-37(4)19-15-16-20-45(64)39(6)49(68)28-42(63)27-43-29-44-30-51(70)56(77-54(73)32-53(72)76-43)59(75,79-44)33-52(71)36(3)22-23-46(65)40(7)50(69)31-48(67)35(2)21-24-47(66)41(8)57(74)78-55/h10-11,15-16,19-21,24,34-52,55-56,63-71,75H,12-14,17-18,22-23,25-33H2,1-9H3,(H3,60,61,62)/b11-10+,19-15-,20-16-,24-21-. The fourth-order valence-corrected chi connectivity index (χ4v) is 10.7. The number of unbranched alkanes of at least 4 members (excludes halogenated alkanes) is 2. The number of ether oxygens (including phenoxy) is 4. The molecule has 3 fully saturated rings. The van der Waals surface area contributed by atoms with Crippen molar-refractivity contribution in [3.63, 3.8) is 0 Å². The first-order valence-corrected chi connectivity index (χ1v) is 28.9. The average Bonchev–Trinajstić information content (AvgIpc) is 3.42. The fraction of sp³-hybridized carbons (Fsp3) is 0.797. The zero-order valence-corrected chi connectivity index (χ0v) is 48.4. The molecule has 0 saturated carbocycles. The molecule has 0 aromatic carbocycles. The number of nitrogens with two attached hydrogens (primary N) is 1. The molecule has 4 heterocycles. The van der Waals surface area contributed by atoms with Crippen LogP contribution in [0.3, 0.4) is 0 Å². The van der Waals surface area contributed by atoms with E-state index in [1.807, 2.05) is 19.9 Å². The van der Waals surface area contributed by atoms with Gasteiger partial charge in [0.2, 0.25) is 5.79 Å². The van der Waals surface area contributed by atoms with E-state index in [1.54, 1.807) is 59.9 Å². The summed E-state index contributed by atoms with van der Waals surface area (Å²) in [5, 5.41) is 116. The summed E-state index contributed by atoms with van der Waals surface area (Å²) in [6, 6.07) is 0. The largest absolute Gasteiger partial charge is 0.462 e. The van der Waals surface area contributed by atoms with Crippen LogP contribution in [0.5, 0.6) is 0 Å². The van der Waals surface area contributed by atoms with Crippen LogP contribution in [0.25, 0.3) is 0 Å². The molecule has 3 saturated heterocycles. The summed E-state index contributed by atoms with van der Waals surface area (Å²) in [7, 11) is 1.64. The van der Waals surface area contributed by atoms with Gasteiger partial charge in [-0.1, -0.05) is 103 Å². The highest BCUT2D eigenvalue weighted by molar-refractivity contribution is 5.91. The van der Waals surface area contributed by atoms with Crippen LogP contribution in [0.15, 0.2) is 53.6 Å². The van der Waals surface area contributed by atoms with Crippen molar-refractivity contribution in [1.82, 2.24) is 5.32 Å². The van der Waals surface area contributed by atoms with Gasteiger partial charge in [-0.3, -0.25) is 19.4 Å². The molecule has 4 bridgehead atoms. The van der Waals surface area contributed by atoms with Crippen LogP contribution in [0, 0.1) is 47.3 Å². The van der Waals surface area contributed by atoms with Gasteiger partial charge in [-0.25, -0.2) is 0 Å². The number of guanidine groups is 1. The molecule has 20 nitrogen and oxygen atoms in total. The van der Waals surface area contributed by atoms with Gasteiger partial charge in [-0.2, -0.15) is 0 Å². The molecule has 0 spiro atoms. The van der Waals surface area contributed by atoms with E-state index in [0.717, 1.165) is 45.1 Å². The van der Waals surface area contributed by atoms with E-state index >= 15 is 0 Å². The highest BCUT2D eigenvalue weighted by Gasteiger charge is 2.53. The van der Waals surface area contributed by atoms with Gasteiger partial charge < -0.3 is 81.1 Å². The average molecular weight is 1120 g/mol. The number of hydrogen-bond acceptors (Lipinski definition) is 18. The minimum atomic E-state index is -2.44. The zero-order valence-electron chi connectivity index (χ0n) is 48.4. The zero-order chi connectivity index (χ0) is 59.1. The number of hydrogen-bond donors (Lipinski definition) is 12. The maximum atomic E-state index is 13.8. The lowest BCUT2D eigenvalue weighted by atomic mass is 9.83. The van der Waals surface area contributed by atoms with Crippen LogP contribution < -0.4 is 11.1 Å². The molecule has 0 aromatic rings. The molecular weight excluding hydrogens is 1020 g/mol. The van der Waals surface area contributed by atoms with E-state index in [-0.39, 0.29) is 56.8 Å². The van der Waals surface area contributed by atoms with Crippen molar-refractivity contribution >= 4 is 23.9 Å². The molecule has 79 heavy (non-hydrogen) atoms. The Hall–Kier alpha value is -3.80. The van der Waals surface area contributed by atoms with E-state index in [0.29, 0.717) is 11.9 Å². The maximum absolute atomic E-state index is 13.8. The molecule has 22 unspecified atom stereocenters.